The minimum atomic E-state index is 0.0573. The molecule has 0 aliphatic heterocycles. The van der Waals surface area contributed by atoms with Crippen LogP contribution in [-0.2, 0) is 11.2 Å². The van der Waals surface area contributed by atoms with E-state index in [1.807, 2.05) is 30.3 Å². The van der Waals surface area contributed by atoms with Gasteiger partial charge in [-0.3, -0.25) is 9.78 Å². The van der Waals surface area contributed by atoms with Gasteiger partial charge < -0.3 is 5.32 Å². The van der Waals surface area contributed by atoms with Gasteiger partial charge in [-0.2, -0.15) is 0 Å². The predicted octanol–water partition coefficient (Wildman–Crippen LogP) is 2.55. The van der Waals surface area contributed by atoms with Crippen molar-refractivity contribution in [2.24, 2.45) is 5.92 Å². The van der Waals surface area contributed by atoms with Crippen LogP contribution in [0, 0.1) is 5.92 Å². The Kier molecular flexibility index (Phi) is 3.92. The molecule has 1 aromatic heterocycles. The van der Waals surface area contributed by atoms with Gasteiger partial charge in [0.1, 0.15) is 0 Å². The number of hydrogen-bond donors (Lipinski definition) is 1. The zero-order valence-electron chi connectivity index (χ0n) is 10.8. The Morgan fingerprint density at radius 1 is 1.28 bits per heavy atom. The van der Waals surface area contributed by atoms with E-state index in [4.69, 9.17) is 0 Å². The smallest absolute Gasteiger partial charge is 0.224 e. The van der Waals surface area contributed by atoms with Crippen LogP contribution in [0.15, 0.2) is 36.5 Å². The first kappa shape index (κ1) is 12.6. The van der Waals surface area contributed by atoms with Crippen molar-refractivity contribution in [1.82, 2.24) is 10.3 Å². The number of pyridine rings is 1. The van der Waals surface area contributed by atoms with Crippen molar-refractivity contribution in [1.29, 1.82) is 0 Å². The third kappa shape index (κ3) is 3.06. The van der Waals surface area contributed by atoms with Crippen molar-refractivity contribution < 1.29 is 4.79 Å². The summed E-state index contributed by atoms with van der Waals surface area (Å²) in [6.07, 6.45) is 2.15. The molecule has 1 N–H and O–H groups in total. The lowest BCUT2D eigenvalue weighted by atomic mass is 10.1. The fraction of sp³-hybridized carbons (Fsp3) is 0.333. The van der Waals surface area contributed by atoms with Gasteiger partial charge in [-0.05, 0) is 17.5 Å². The van der Waals surface area contributed by atoms with Gasteiger partial charge in [-0.1, -0.05) is 38.1 Å². The maximum Gasteiger partial charge on any atom is 0.224 e. The van der Waals surface area contributed by atoms with E-state index < -0.39 is 0 Å². The van der Waals surface area contributed by atoms with Gasteiger partial charge in [-0.25, -0.2) is 0 Å². The van der Waals surface area contributed by atoms with Crippen LogP contribution in [0.1, 0.15) is 19.4 Å². The van der Waals surface area contributed by atoms with Gasteiger partial charge in [0.05, 0.1) is 11.9 Å². The van der Waals surface area contributed by atoms with Crippen molar-refractivity contribution in [3.63, 3.8) is 0 Å². The van der Waals surface area contributed by atoms with Crippen LogP contribution >= 0.6 is 0 Å². The molecule has 2 rings (SSSR count). The zero-order chi connectivity index (χ0) is 13.0. The SMILES string of the molecule is CC(C)CNC(=O)Cc1cccc2cccnc12. The quantitative estimate of drug-likeness (QED) is 0.895. The maximum atomic E-state index is 11.8. The Morgan fingerprint density at radius 2 is 2.06 bits per heavy atom. The summed E-state index contributed by atoms with van der Waals surface area (Å²) in [6.45, 7) is 4.89. The van der Waals surface area contributed by atoms with E-state index in [0.717, 1.165) is 23.0 Å². The number of nitrogens with zero attached hydrogens (tertiary/aromatic N) is 1. The second-order valence-corrected chi connectivity index (χ2v) is 4.87. The van der Waals surface area contributed by atoms with E-state index in [2.05, 4.69) is 24.1 Å². The summed E-state index contributed by atoms with van der Waals surface area (Å²) in [4.78, 5) is 16.2. The molecule has 18 heavy (non-hydrogen) atoms. The van der Waals surface area contributed by atoms with E-state index in [0.29, 0.717) is 12.3 Å². The van der Waals surface area contributed by atoms with Crippen LogP contribution in [0.2, 0.25) is 0 Å². The van der Waals surface area contributed by atoms with Crippen molar-refractivity contribution in [2.75, 3.05) is 6.54 Å². The first-order valence-electron chi connectivity index (χ1n) is 6.26. The molecule has 0 fully saturated rings. The summed E-state index contributed by atoms with van der Waals surface area (Å²) in [5.41, 5.74) is 1.90. The fourth-order valence-corrected chi connectivity index (χ4v) is 1.86. The van der Waals surface area contributed by atoms with Gasteiger partial charge >= 0.3 is 0 Å². The predicted molar refractivity (Wildman–Crippen MR) is 73.3 cm³/mol. The van der Waals surface area contributed by atoms with Gasteiger partial charge in [0.2, 0.25) is 5.91 Å². The Balaban J connectivity index is 2.14. The van der Waals surface area contributed by atoms with Crippen LogP contribution in [0.4, 0.5) is 0 Å². The summed E-state index contributed by atoms with van der Waals surface area (Å²) in [6, 6.07) is 9.86. The van der Waals surface area contributed by atoms with Crippen molar-refractivity contribution in [3.05, 3.63) is 42.1 Å². The summed E-state index contributed by atoms with van der Waals surface area (Å²) in [7, 11) is 0. The molecule has 94 valence electrons. The van der Waals surface area contributed by atoms with Crippen molar-refractivity contribution in [3.8, 4) is 0 Å². The fourth-order valence-electron chi connectivity index (χ4n) is 1.86. The molecule has 1 amide bonds. The molecule has 0 bridgehead atoms. The highest BCUT2D eigenvalue weighted by Crippen LogP contribution is 2.16. The molecule has 0 saturated carbocycles. The van der Waals surface area contributed by atoms with E-state index in [-0.39, 0.29) is 5.91 Å². The number of fused-ring (bicyclic) bond motifs is 1. The average Bonchev–Trinajstić information content (AvgIpc) is 2.37. The van der Waals surface area contributed by atoms with Gasteiger partial charge in [0.25, 0.3) is 0 Å². The zero-order valence-corrected chi connectivity index (χ0v) is 10.8. The molecular formula is C15H18N2O. The number of nitrogens with one attached hydrogen (secondary N) is 1. The number of hydrogen-bond acceptors (Lipinski definition) is 2. The molecule has 1 heterocycles. The Labute approximate surface area is 107 Å². The van der Waals surface area contributed by atoms with Crippen LogP contribution in [-0.4, -0.2) is 17.4 Å². The third-order valence-electron chi connectivity index (χ3n) is 2.77. The molecule has 0 aliphatic rings. The van der Waals surface area contributed by atoms with Crippen LogP contribution in [0.25, 0.3) is 10.9 Å². The molecular weight excluding hydrogens is 224 g/mol. The van der Waals surface area contributed by atoms with E-state index in [9.17, 15) is 4.79 Å². The summed E-state index contributed by atoms with van der Waals surface area (Å²) in [5, 5.41) is 4.00. The lowest BCUT2D eigenvalue weighted by molar-refractivity contribution is -0.120. The number of amides is 1. The highest BCUT2D eigenvalue weighted by atomic mass is 16.1. The third-order valence-corrected chi connectivity index (χ3v) is 2.77. The lowest BCUT2D eigenvalue weighted by Gasteiger charge is -2.08. The maximum absolute atomic E-state index is 11.8. The molecule has 0 unspecified atom stereocenters. The second-order valence-electron chi connectivity index (χ2n) is 4.87. The molecule has 1 aromatic carbocycles. The number of benzene rings is 1. The van der Waals surface area contributed by atoms with Crippen LogP contribution in [0.5, 0.6) is 0 Å². The molecule has 3 nitrogen and oxygen atoms in total. The molecule has 2 aromatic rings. The molecule has 0 spiro atoms. The summed E-state index contributed by atoms with van der Waals surface area (Å²) >= 11 is 0. The highest BCUT2D eigenvalue weighted by molar-refractivity contribution is 5.87. The van der Waals surface area contributed by atoms with Crippen molar-refractivity contribution >= 4 is 16.8 Å². The Bertz CT molecular complexity index is 544. The monoisotopic (exact) mass is 242 g/mol. The van der Waals surface area contributed by atoms with E-state index >= 15 is 0 Å². The van der Waals surface area contributed by atoms with Gasteiger partial charge in [0, 0.05) is 18.1 Å². The molecule has 0 atom stereocenters. The van der Waals surface area contributed by atoms with Gasteiger partial charge in [-0.15, -0.1) is 0 Å². The standard InChI is InChI=1S/C15H18N2O/c1-11(2)10-17-14(18)9-13-6-3-5-12-7-4-8-16-15(12)13/h3-8,11H,9-10H2,1-2H3,(H,17,18). The Hall–Kier alpha value is -1.90. The molecule has 0 aliphatic carbocycles. The molecule has 3 heteroatoms. The number of carbonyl (C=O) groups excluding carboxylic acids is 1. The summed E-state index contributed by atoms with van der Waals surface area (Å²) < 4.78 is 0. The van der Waals surface area contributed by atoms with Crippen molar-refractivity contribution in [2.45, 2.75) is 20.3 Å². The Morgan fingerprint density at radius 3 is 2.83 bits per heavy atom. The number of rotatable bonds is 4. The summed E-state index contributed by atoms with van der Waals surface area (Å²) in [5.74, 6) is 0.529. The van der Waals surface area contributed by atoms with Crippen LogP contribution in [0.3, 0.4) is 0 Å². The number of carbonyl (C=O) groups is 1. The molecule has 0 radical (unpaired) electrons. The normalized spacial score (nSPS) is 10.8. The molecule has 0 saturated heterocycles. The first-order chi connectivity index (χ1) is 8.66. The largest absolute Gasteiger partial charge is 0.356 e. The lowest BCUT2D eigenvalue weighted by Crippen LogP contribution is -2.28. The number of para-hydroxylation sites is 1. The second kappa shape index (κ2) is 5.63. The topological polar surface area (TPSA) is 42.0 Å². The highest BCUT2D eigenvalue weighted by Gasteiger charge is 2.07. The average molecular weight is 242 g/mol. The minimum absolute atomic E-state index is 0.0573. The van der Waals surface area contributed by atoms with Gasteiger partial charge in [0.15, 0.2) is 0 Å². The minimum Gasteiger partial charge on any atom is -0.356 e. The first-order valence-corrected chi connectivity index (χ1v) is 6.26. The number of aromatic nitrogens is 1. The van der Waals surface area contributed by atoms with Crippen LogP contribution < -0.4 is 5.32 Å². The van der Waals surface area contributed by atoms with E-state index in [1.54, 1.807) is 6.20 Å². The van der Waals surface area contributed by atoms with E-state index in [1.165, 1.54) is 0 Å².